The first-order valence-corrected chi connectivity index (χ1v) is 9.96. The van der Waals surface area contributed by atoms with Gasteiger partial charge in [0.2, 0.25) is 5.78 Å². The third kappa shape index (κ3) is 1.96. The van der Waals surface area contributed by atoms with Gasteiger partial charge in [-0.3, -0.25) is 9.79 Å². The van der Waals surface area contributed by atoms with Gasteiger partial charge in [-0.05, 0) is 50.3 Å². The van der Waals surface area contributed by atoms with Crippen molar-refractivity contribution in [3.8, 4) is 5.75 Å². The van der Waals surface area contributed by atoms with Crippen LogP contribution in [0.2, 0.25) is 0 Å². The lowest BCUT2D eigenvalue weighted by Gasteiger charge is -2.37. The fraction of sp³-hybridized carbons (Fsp3) is 0.263. The molecule has 0 saturated heterocycles. The normalized spacial score (nSPS) is 20.0. The summed E-state index contributed by atoms with van der Waals surface area (Å²) in [5.41, 5.74) is 3.99. The predicted octanol–water partition coefficient (Wildman–Crippen LogP) is 4.34. The topological polar surface area (TPSA) is 66.6 Å². The standard InChI is InChI=1S/C19H15Br2N3O2/c1-24-8-9-2-4-22-14-12(9)16(24)18(26)15-13(14)19(3-5-23-15)6-10(20)17(25)11(21)7-19/h5-8,22,26H,2-4H2,1H3. The highest BCUT2D eigenvalue weighted by molar-refractivity contribution is 9.13. The molecule has 2 N–H and O–H groups in total. The van der Waals surface area contributed by atoms with Crippen molar-refractivity contribution in [1.82, 2.24) is 4.57 Å². The Balaban J connectivity index is 1.95. The number of aromatic hydroxyl groups is 1. The van der Waals surface area contributed by atoms with Crippen molar-refractivity contribution < 1.29 is 9.90 Å². The van der Waals surface area contributed by atoms with Crippen LogP contribution in [0.1, 0.15) is 17.5 Å². The molecule has 0 saturated carbocycles. The van der Waals surface area contributed by atoms with Crippen molar-refractivity contribution >= 4 is 66.1 Å². The minimum atomic E-state index is -0.541. The van der Waals surface area contributed by atoms with Crippen LogP contribution in [0.3, 0.4) is 0 Å². The molecule has 3 aliphatic rings. The number of fused-ring (bicyclic) bond motifs is 3. The average Bonchev–Trinajstić information content (AvgIpc) is 2.94. The SMILES string of the molecule is Cn1cc2c3c(c4c(c(O)c31)N=CCC41C=C(Br)C(=O)C(Br)=C1)NCC2. The van der Waals surface area contributed by atoms with E-state index in [9.17, 15) is 9.90 Å². The number of hydrogen-bond acceptors (Lipinski definition) is 4. The van der Waals surface area contributed by atoms with Gasteiger partial charge in [-0.25, -0.2) is 0 Å². The van der Waals surface area contributed by atoms with Crippen molar-refractivity contribution in [3.05, 3.63) is 38.4 Å². The highest BCUT2D eigenvalue weighted by Crippen LogP contribution is 2.56. The number of Topliss-reactive ketones (excluding diaryl/α,β-unsaturated/α-hetero) is 1. The highest BCUT2D eigenvalue weighted by atomic mass is 79.9. The number of hydrogen-bond donors (Lipinski definition) is 2. The average molecular weight is 477 g/mol. The molecule has 0 atom stereocenters. The van der Waals surface area contributed by atoms with Crippen LogP contribution in [-0.2, 0) is 23.7 Å². The van der Waals surface area contributed by atoms with Gasteiger partial charge in [0.05, 0.1) is 20.2 Å². The van der Waals surface area contributed by atoms with Crippen LogP contribution >= 0.6 is 31.9 Å². The molecule has 1 spiro atoms. The Morgan fingerprint density at radius 1 is 1.31 bits per heavy atom. The fourth-order valence-electron chi connectivity index (χ4n) is 4.39. The van der Waals surface area contributed by atoms with E-state index in [1.807, 2.05) is 30.0 Å². The lowest BCUT2D eigenvalue weighted by molar-refractivity contribution is -0.111. The van der Waals surface area contributed by atoms with Crippen LogP contribution in [0.5, 0.6) is 5.75 Å². The van der Waals surface area contributed by atoms with Crippen LogP contribution in [0.15, 0.2) is 32.3 Å². The Morgan fingerprint density at radius 2 is 2.04 bits per heavy atom. The zero-order chi connectivity index (χ0) is 18.2. The number of benzene rings is 1. The number of anilines is 1. The van der Waals surface area contributed by atoms with E-state index < -0.39 is 5.41 Å². The summed E-state index contributed by atoms with van der Waals surface area (Å²) in [6.45, 7) is 0.831. The molecule has 5 rings (SSSR count). The number of rotatable bonds is 0. The largest absolute Gasteiger partial charge is 0.504 e. The number of aliphatic imine (C=N–C) groups is 1. The molecule has 3 heterocycles. The van der Waals surface area contributed by atoms with Gasteiger partial charge >= 0.3 is 0 Å². The number of allylic oxidation sites excluding steroid dienone is 4. The minimum absolute atomic E-state index is 0.0769. The number of carbonyl (C=O) groups is 1. The number of nitrogens with zero attached hydrogens (tertiary/aromatic N) is 2. The third-order valence-electron chi connectivity index (χ3n) is 5.46. The quantitative estimate of drug-likeness (QED) is 0.556. The van der Waals surface area contributed by atoms with Gasteiger partial charge in [-0.1, -0.05) is 12.2 Å². The number of phenolic OH excluding ortho intramolecular Hbond substituents is 1. The number of halogens is 2. The number of carbonyl (C=O) groups excluding carboxylic acids is 1. The molecule has 26 heavy (non-hydrogen) atoms. The van der Waals surface area contributed by atoms with Crippen molar-refractivity contribution in [3.63, 3.8) is 0 Å². The second-order valence-corrected chi connectivity index (χ2v) is 8.69. The fourth-order valence-corrected chi connectivity index (χ4v) is 5.90. The van der Waals surface area contributed by atoms with E-state index in [0.29, 0.717) is 21.1 Å². The Bertz CT molecular complexity index is 1090. The van der Waals surface area contributed by atoms with E-state index in [2.05, 4.69) is 48.4 Å². The van der Waals surface area contributed by atoms with Gasteiger partial charge in [-0.15, -0.1) is 0 Å². The first kappa shape index (κ1) is 16.3. The van der Waals surface area contributed by atoms with Gasteiger partial charge in [0, 0.05) is 42.4 Å². The predicted molar refractivity (Wildman–Crippen MR) is 110 cm³/mol. The number of aromatic nitrogens is 1. The van der Waals surface area contributed by atoms with Crippen molar-refractivity contribution in [2.75, 3.05) is 11.9 Å². The molecular formula is C19H15Br2N3O2. The first-order chi connectivity index (χ1) is 12.4. The second kappa shape index (κ2) is 5.33. The van der Waals surface area contributed by atoms with E-state index in [-0.39, 0.29) is 11.5 Å². The zero-order valence-corrected chi connectivity index (χ0v) is 17.1. The molecule has 0 unspecified atom stereocenters. The lowest BCUT2D eigenvalue weighted by Crippen LogP contribution is -2.30. The molecule has 1 aromatic heterocycles. The van der Waals surface area contributed by atoms with E-state index >= 15 is 0 Å². The molecule has 7 heteroatoms. The Kier molecular flexibility index (Phi) is 3.35. The Morgan fingerprint density at radius 3 is 2.77 bits per heavy atom. The molecule has 0 radical (unpaired) electrons. The van der Waals surface area contributed by atoms with Gasteiger partial charge < -0.3 is 15.0 Å². The van der Waals surface area contributed by atoms with Gasteiger partial charge in [0.25, 0.3) is 0 Å². The number of aryl methyl sites for hydroxylation is 1. The molecule has 0 amide bonds. The van der Waals surface area contributed by atoms with Crippen molar-refractivity contribution in [2.24, 2.45) is 12.0 Å². The summed E-state index contributed by atoms with van der Waals surface area (Å²) in [7, 11) is 1.95. The number of phenols is 1. The van der Waals surface area contributed by atoms with Crippen LogP contribution in [0, 0.1) is 0 Å². The minimum Gasteiger partial charge on any atom is -0.504 e. The smallest absolute Gasteiger partial charge is 0.206 e. The molecule has 2 aromatic rings. The van der Waals surface area contributed by atoms with Gasteiger partial charge in [-0.2, -0.15) is 0 Å². The van der Waals surface area contributed by atoms with E-state index in [1.54, 1.807) is 0 Å². The summed E-state index contributed by atoms with van der Waals surface area (Å²) in [6.07, 6.45) is 9.31. The van der Waals surface area contributed by atoms with Gasteiger partial charge in [0.15, 0.2) is 5.75 Å². The van der Waals surface area contributed by atoms with E-state index in [4.69, 9.17) is 0 Å². The molecule has 2 aliphatic heterocycles. The summed E-state index contributed by atoms with van der Waals surface area (Å²) in [5, 5.41) is 15.6. The van der Waals surface area contributed by atoms with Gasteiger partial charge in [0.1, 0.15) is 5.69 Å². The summed E-state index contributed by atoms with van der Waals surface area (Å²) < 4.78 is 3.00. The van der Waals surface area contributed by atoms with Crippen LogP contribution in [0.25, 0.3) is 10.9 Å². The molecule has 5 nitrogen and oxygen atoms in total. The summed E-state index contributed by atoms with van der Waals surface area (Å²) in [4.78, 5) is 16.8. The number of ketones is 1. The molecule has 0 fully saturated rings. The molecule has 0 bridgehead atoms. The Labute approximate surface area is 166 Å². The summed E-state index contributed by atoms with van der Waals surface area (Å²) in [6, 6.07) is 0. The monoisotopic (exact) mass is 475 g/mol. The van der Waals surface area contributed by atoms with Crippen molar-refractivity contribution in [2.45, 2.75) is 18.3 Å². The summed E-state index contributed by atoms with van der Waals surface area (Å²) in [5.74, 6) is 0.115. The zero-order valence-electron chi connectivity index (χ0n) is 13.9. The molecule has 1 aliphatic carbocycles. The van der Waals surface area contributed by atoms with E-state index in [1.165, 1.54) is 5.56 Å². The first-order valence-electron chi connectivity index (χ1n) is 8.38. The number of nitrogens with one attached hydrogen (secondary N) is 1. The molecule has 1 aromatic carbocycles. The van der Waals surface area contributed by atoms with Crippen molar-refractivity contribution in [1.29, 1.82) is 0 Å². The molecular weight excluding hydrogens is 462 g/mol. The third-order valence-corrected chi connectivity index (χ3v) is 6.64. The van der Waals surface area contributed by atoms with E-state index in [0.717, 1.165) is 35.1 Å². The maximum Gasteiger partial charge on any atom is 0.206 e. The maximum absolute atomic E-state index is 12.2. The highest BCUT2D eigenvalue weighted by Gasteiger charge is 2.42. The Hall–Kier alpha value is -1.86. The van der Waals surface area contributed by atoms with Crippen LogP contribution in [-0.4, -0.2) is 28.2 Å². The molecule has 132 valence electrons. The van der Waals surface area contributed by atoms with Crippen LogP contribution < -0.4 is 5.32 Å². The second-order valence-electron chi connectivity index (χ2n) is 6.98. The lowest BCUT2D eigenvalue weighted by atomic mass is 9.71. The van der Waals surface area contributed by atoms with Crippen LogP contribution in [0.4, 0.5) is 11.4 Å². The summed E-state index contributed by atoms with van der Waals surface area (Å²) >= 11 is 6.83. The maximum atomic E-state index is 12.2.